The van der Waals surface area contributed by atoms with Gasteiger partial charge in [0.2, 0.25) is 5.60 Å². The average molecular weight is 601 g/mol. The summed E-state index contributed by atoms with van der Waals surface area (Å²) in [6, 6.07) is -2.71. The molecule has 0 unspecified atom stereocenters. The number of aliphatic carboxylic acids is 1. The van der Waals surface area contributed by atoms with E-state index in [2.05, 4.69) is 32.7 Å². The van der Waals surface area contributed by atoms with Crippen LogP contribution in [0.3, 0.4) is 0 Å². The molecule has 2 amide bonds. The molecule has 2 aromatic heterocycles. The largest absolute Gasteiger partial charge is 0.478 e. The summed E-state index contributed by atoms with van der Waals surface area (Å²) in [5.74, 6) is -3.49. The van der Waals surface area contributed by atoms with Crippen molar-refractivity contribution in [2.75, 3.05) is 25.9 Å². The summed E-state index contributed by atoms with van der Waals surface area (Å²) in [6.07, 6.45) is 3.76. The Morgan fingerprint density at radius 2 is 2.02 bits per heavy atom. The number of hydrogen-bond donors (Lipinski definition) is 4. The molecule has 17 nitrogen and oxygen atoms in total. The molecule has 5 N–H and O–H groups in total. The lowest BCUT2D eigenvalue weighted by atomic mass is 9.98. The molecule has 0 bridgehead atoms. The van der Waals surface area contributed by atoms with E-state index < -0.39 is 51.5 Å². The molecule has 0 aromatic carbocycles. The summed E-state index contributed by atoms with van der Waals surface area (Å²) < 4.78 is 34.6. The minimum atomic E-state index is -4.97. The van der Waals surface area contributed by atoms with Crippen molar-refractivity contribution in [2.24, 2.45) is 5.16 Å². The van der Waals surface area contributed by atoms with Gasteiger partial charge in [-0.15, -0.1) is 11.3 Å². The smallest absolute Gasteiger partial charge is 0.362 e. The van der Waals surface area contributed by atoms with Crippen LogP contribution in [0.15, 0.2) is 16.7 Å². The molecule has 19 heteroatoms. The molecular formula is C21H30N9O8S2+. The van der Waals surface area contributed by atoms with Crippen LogP contribution in [-0.2, 0) is 42.6 Å². The number of nitrogens with zero attached hydrogens (tertiary/aromatic N) is 7. The number of carboxylic acids is 1. The summed E-state index contributed by atoms with van der Waals surface area (Å²) in [4.78, 5) is 47.6. The number of nitrogens with one attached hydrogen (secondary N) is 1. The second-order valence-corrected chi connectivity index (χ2v) is 12.5. The molecule has 4 heterocycles. The minimum absolute atomic E-state index is 0.0620. The third-order valence-electron chi connectivity index (χ3n) is 6.69. The highest BCUT2D eigenvalue weighted by atomic mass is 32.2. The highest BCUT2D eigenvalue weighted by Crippen LogP contribution is 2.26. The lowest BCUT2D eigenvalue weighted by molar-refractivity contribution is -0.911. The fourth-order valence-corrected chi connectivity index (χ4v) is 5.88. The zero-order valence-electron chi connectivity index (χ0n) is 21.9. The Bertz CT molecular complexity index is 1450. The van der Waals surface area contributed by atoms with Gasteiger partial charge in [0.15, 0.2) is 10.8 Å². The van der Waals surface area contributed by atoms with E-state index in [0.717, 1.165) is 41.8 Å². The van der Waals surface area contributed by atoms with Crippen molar-refractivity contribution in [3.05, 3.63) is 23.0 Å². The van der Waals surface area contributed by atoms with E-state index in [1.54, 1.807) is 6.20 Å². The van der Waals surface area contributed by atoms with E-state index in [0.29, 0.717) is 12.2 Å². The summed E-state index contributed by atoms with van der Waals surface area (Å²) in [7, 11) is -2.86. The van der Waals surface area contributed by atoms with Crippen LogP contribution < -0.4 is 11.1 Å². The van der Waals surface area contributed by atoms with Gasteiger partial charge in [-0.1, -0.05) is 5.16 Å². The molecule has 2 aliphatic heterocycles. The fourth-order valence-electron chi connectivity index (χ4n) is 4.46. The molecule has 40 heavy (non-hydrogen) atoms. The zero-order valence-corrected chi connectivity index (χ0v) is 23.6. The van der Waals surface area contributed by atoms with Crippen molar-refractivity contribution in [1.29, 1.82) is 0 Å². The Kier molecular flexibility index (Phi) is 7.85. The molecule has 0 saturated carbocycles. The number of carbonyl (C=O) groups is 3. The molecule has 2 aromatic rings. The van der Waals surface area contributed by atoms with E-state index in [1.165, 1.54) is 24.0 Å². The van der Waals surface area contributed by atoms with E-state index in [-0.39, 0.29) is 21.7 Å². The monoisotopic (exact) mass is 600 g/mol. The van der Waals surface area contributed by atoms with Gasteiger partial charge in [-0.3, -0.25) is 14.1 Å². The van der Waals surface area contributed by atoms with Gasteiger partial charge in [0, 0.05) is 18.2 Å². The zero-order chi connectivity index (χ0) is 29.5. The Labute approximate surface area is 233 Å². The van der Waals surface area contributed by atoms with Gasteiger partial charge < -0.3 is 25.5 Å². The normalized spacial score (nSPS) is 21.2. The second-order valence-electron chi connectivity index (χ2n) is 10.4. The first kappa shape index (κ1) is 29.3. The topological polar surface area (TPSA) is 232 Å². The van der Waals surface area contributed by atoms with Gasteiger partial charge in [0.25, 0.3) is 11.8 Å². The van der Waals surface area contributed by atoms with Crippen LogP contribution >= 0.6 is 11.3 Å². The molecule has 2 aliphatic rings. The molecule has 0 spiro atoms. The van der Waals surface area contributed by atoms with E-state index in [4.69, 9.17) is 10.6 Å². The third-order valence-corrected chi connectivity index (χ3v) is 8.31. The first-order chi connectivity index (χ1) is 18.6. The third kappa shape index (κ3) is 6.21. The number of hydrogen-bond acceptors (Lipinski definition) is 12. The first-order valence-electron chi connectivity index (χ1n) is 12.1. The molecule has 0 aliphatic carbocycles. The first-order valence-corrected chi connectivity index (χ1v) is 14.4. The number of carbonyl (C=O) groups excluding carboxylic acids is 2. The number of likely N-dealkylation sites (tertiary alicyclic amines) is 1. The van der Waals surface area contributed by atoms with Gasteiger partial charge in [-0.2, -0.15) is 23.4 Å². The van der Waals surface area contributed by atoms with Crippen molar-refractivity contribution >= 4 is 50.3 Å². The predicted octanol–water partition coefficient (Wildman–Crippen LogP) is -1.16. The summed E-state index contributed by atoms with van der Waals surface area (Å²) >= 11 is 0.973. The highest BCUT2D eigenvalue weighted by molar-refractivity contribution is 7.84. The van der Waals surface area contributed by atoms with Gasteiger partial charge in [0.1, 0.15) is 30.0 Å². The number of anilines is 1. The van der Waals surface area contributed by atoms with Crippen LogP contribution in [0, 0.1) is 0 Å². The van der Waals surface area contributed by atoms with Crippen molar-refractivity contribution < 1.29 is 41.8 Å². The van der Waals surface area contributed by atoms with Gasteiger partial charge in [-0.05, 0) is 13.8 Å². The number of nitrogens with two attached hydrogens (primary N) is 1. The van der Waals surface area contributed by atoms with E-state index >= 15 is 0 Å². The number of nitrogen functional groups attached to an aromatic ring is 1. The number of β-lactam (4-membered cyclic amide) rings is 1. The van der Waals surface area contributed by atoms with Crippen LogP contribution in [0.5, 0.6) is 0 Å². The highest BCUT2D eigenvalue weighted by Gasteiger charge is 2.54. The van der Waals surface area contributed by atoms with Crippen LogP contribution in [0.25, 0.3) is 0 Å². The van der Waals surface area contributed by atoms with Crippen LogP contribution in [0.4, 0.5) is 5.13 Å². The Morgan fingerprint density at radius 1 is 1.35 bits per heavy atom. The maximum atomic E-state index is 13.2. The number of quaternary nitrogens is 1. The van der Waals surface area contributed by atoms with Crippen LogP contribution in [-0.4, -0.2) is 108 Å². The summed E-state index contributed by atoms with van der Waals surface area (Å²) in [5.41, 5.74) is 3.95. The maximum absolute atomic E-state index is 13.2. The lowest BCUT2D eigenvalue weighted by Crippen LogP contribution is -2.73. The van der Waals surface area contributed by atoms with Crippen molar-refractivity contribution in [2.45, 2.75) is 57.5 Å². The standard InChI is InChI=1S/C21H29N9O8S2/c1-21(2,19(33)34)38-27-15(13-11-39-20(22)24-13)17(31)25-16-14(29(18(16)32)40(35,36)37)9-28-23-8-12(26-28)10-30(3)6-4-5-7-30/h8,11,14,16H,4-7,9-10H2,1-3H3,(H4-,22,24,25,31,33,34,35,36,37)/p+1/b27-15-/t14-,16+/m1/s1. The van der Waals surface area contributed by atoms with Crippen LogP contribution in [0.1, 0.15) is 38.1 Å². The number of amides is 2. The molecule has 2 fully saturated rings. The maximum Gasteiger partial charge on any atom is 0.362 e. The van der Waals surface area contributed by atoms with Crippen molar-refractivity contribution in [3.8, 4) is 0 Å². The number of rotatable bonds is 11. The average Bonchev–Trinajstić information content (AvgIpc) is 3.58. The second kappa shape index (κ2) is 10.7. The summed E-state index contributed by atoms with van der Waals surface area (Å²) in [5, 5.41) is 25.3. The number of oxime groups is 1. The number of aromatic nitrogens is 4. The fraction of sp³-hybridized carbons (Fsp3) is 0.571. The van der Waals surface area contributed by atoms with Crippen molar-refractivity contribution in [1.82, 2.24) is 29.6 Å². The molecule has 218 valence electrons. The predicted molar refractivity (Wildman–Crippen MR) is 139 cm³/mol. The quantitative estimate of drug-likeness (QED) is 0.0786. The van der Waals surface area contributed by atoms with E-state index in [9.17, 15) is 32.5 Å². The van der Waals surface area contributed by atoms with Gasteiger partial charge >= 0.3 is 16.3 Å². The molecule has 2 saturated heterocycles. The Morgan fingerprint density at radius 3 is 2.60 bits per heavy atom. The number of thiazole rings is 1. The Hall–Kier alpha value is -3.68. The molecular weight excluding hydrogens is 570 g/mol. The molecule has 4 rings (SSSR count). The molecule has 0 radical (unpaired) electrons. The molecule has 2 atom stereocenters. The van der Waals surface area contributed by atoms with Crippen molar-refractivity contribution in [3.63, 3.8) is 0 Å². The van der Waals surface area contributed by atoms with Crippen LogP contribution in [0.2, 0.25) is 0 Å². The van der Waals surface area contributed by atoms with Gasteiger partial charge in [-0.25, -0.2) is 14.1 Å². The lowest BCUT2D eigenvalue weighted by Gasteiger charge is -2.43. The summed E-state index contributed by atoms with van der Waals surface area (Å²) in [6.45, 7) is 4.76. The van der Waals surface area contributed by atoms with Gasteiger partial charge in [0.05, 0.1) is 32.9 Å². The SMILES string of the molecule is CC(C)(O/N=C(\C(=O)N[C@@H]1C(=O)N(S(=O)(=O)O)[C@@H]1Cn1ncc(C[N+]2(C)CCCC2)n1)c1csc(N)n1)C(=O)O. The minimum Gasteiger partial charge on any atom is -0.478 e. The van der Waals surface area contributed by atoms with E-state index in [1.807, 2.05) is 0 Å². The Balaban J connectivity index is 1.55. The number of carboxylic acid groups (broad SMARTS) is 1.